The Kier molecular flexibility index (Phi) is 2.73. The summed E-state index contributed by atoms with van der Waals surface area (Å²) in [6.07, 6.45) is 0.939. The molecule has 0 aliphatic carbocycles. The summed E-state index contributed by atoms with van der Waals surface area (Å²) in [5.41, 5.74) is 7.70. The predicted molar refractivity (Wildman–Crippen MR) is 59.7 cm³/mol. The van der Waals surface area contributed by atoms with Gasteiger partial charge in [-0.3, -0.25) is 4.79 Å². The molecule has 0 bridgehead atoms. The fourth-order valence-electron chi connectivity index (χ4n) is 2.00. The van der Waals surface area contributed by atoms with E-state index in [9.17, 15) is 4.79 Å². The third kappa shape index (κ3) is 2.02. The van der Waals surface area contributed by atoms with Crippen LogP contribution in [0.2, 0.25) is 0 Å². The van der Waals surface area contributed by atoms with E-state index in [-0.39, 0.29) is 11.9 Å². The number of fused-ring (bicyclic) bond motifs is 1. The highest BCUT2D eigenvalue weighted by molar-refractivity contribution is 5.96. The molecule has 1 heterocycles. The van der Waals surface area contributed by atoms with Crippen LogP contribution in [0.15, 0.2) is 24.3 Å². The van der Waals surface area contributed by atoms with Gasteiger partial charge in [0.1, 0.15) is 0 Å². The SMILES string of the molecule is C[C@@H](N)CN1CCc2ccccc2C1=O. The Balaban J connectivity index is 2.22. The standard InChI is InChI=1S/C12H16N2O/c1-9(13)8-14-7-6-10-4-2-3-5-11(10)12(14)15/h2-5,9H,6-8,13H2,1H3/t9-/m1/s1. The van der Waals surface area contributed by atoms with Crippen LogP contribution in [0, 0.1) is 0 Å². The summed E-state index contributed by atoms with van der Waals surface area (Å²) in [5.74, 6) is 0.120. The zero-order valence-electron chi connectivity index (χ0n) is 8.94. The molecule has 1 aromatic carbocycles. The molecule has 0 unspecified atom stereocenters. The summed E-state index contributed by atoms with van der Waals surface area (Å²) in [6.45, 7) is 3.36. The van der Waals surface area contributed by atoms with E-state index in [1.807, 2.05) is 36.1 Å². The first-order valence-corrected chi connectivity index (χ1v) is 5.31. The number of nitrogens with zero attached hydrogens (tertiary/aromatic N) is 1. The van der Waals surface area contributed by atoms with Crippen LogP contribution in [0.25, 0.3) is 0 Å². The van der Waals surface area contributed by atoms with Crippen molar-refractivity contribution in [3.05, 3.63) is 35.4 Å². The molecular weight excluding hydrogens is 188 g/mol. The van der Waals surface area contributed by atoms with Crippen LogP contribution in [0.1, 0.15) is 22.8 Å². The number of nitrogens with two attached hydrogens (primary N) is 1. The van der Waals surface area contributed by atoms with E-state index in [1.165, 1.54) is 0 Å². The van der Waals surface area contributed by atoms with Crippen molar-refractivity contribution < 1.29 is 4.79 Å². The summed E-state index contributed by atoms with van der Waals surface area (Å²) < 4.78 is 0. The van der Waals surface area contributed by atoms with Crippen molar-refractivity contribution in [2.45, 2.75) is 19.4 Å². The Morgan fingerprint density at radius 2 is 2.20 bits per heavy atom. The molecule has 2 N–H and O–H groups in total. The van der Waals surface area contributed by atoms with Crippen molar-refractivity contribution in [3.8, 4) is 0 Å². The molecule has 0 saturated heterocycles. The lowest BCUT2D eigenvalue weighted by atomic mass is 9.99. The van der Waals surface area contributed by atoms with Crippen molar-refractivity contribution in [2.75, 3.05) is 13.1 Å². The maximum atomic E-state index is 12.0. The summed E-state index contributed by atoms with van der Waals surface area (Å²) in [5, 5.41) is 0. The van der Waals surface area contributed by atoms with Gasteiger partial charge in [0.25, 0.3) is 5.91 Å². The number of hydrogen-bond acceptors (Lipinski definition) is 2. The minimum atomic E-state index is 0.0409. The van der Waals surface area contributed by atoms with Crippen LogP contribution in [-0.4, -0.2) is 29.9 Å². The zero-order chi connectivity index (χ0) is 10.8. The molecular formula is C12H16N2O. The lowest BCUT2D eigenvalue weighted by molar-refractivity contribution is 0.0732. The van der Waals surface area contributed by atoms with E-state index in [1.54, 1.807) is 0 Å². The highest BCUT2D eigenvalue weighted by atomic mass is 16.2. The number of carbonyl (C=O) groups is 1. The van der Waals surface area contributed by atoms with Gasteiger partial charge in [0.2, 0.25) is 0 Å². The maximum absolute atomic E-state index is 12.0. The summed E-state index contributed by atoms with van der Waals surface area (Å²) >= 11 is 0. The number of benzene rings is 1. The van der Waals surface area contributed by atoms with Gasteiger partial charge in [0, 0.05) is 24.7 Å². The van der Waals surface area contributed by atoms with Gasteiger partial charge in [-0.25, -0.2) is 0 Å². The molecule has 2 rings (SSSR count). The summed E-state index contributed by atoms with van der Waals surface area (Å²) in [4.78, 5) is 13.9. The van der Waals surface area contributed by atoms with Crippen molar-refractivity contribution >= 4 is 5.91 Å². The summed E-state index contributed by atoms with van der Waals surface area (Å²) in [7, 11) is 0. The highest BCUT2D eigenvalue weighted by Crippen LogP contribution is 2.18. The molecule has 15 heavy (non-hydrogen) atoms. The number of carbonyl (C=O) groups excluding carboxylic acids is 1. The molecule has 1 atom stereocenters. The van der Waals surface area contributed by atoms with Crippen LogP contribution in [0.3, 0.4) is 0 Å². The molecule has 1 aliphatic heterocycles. The largest absolute Gasteiger partial charge is 0.337 e. The van der Waals surface area contributed by atoms with Crippen molar-refractivity contribution in [2.24, 2.45) is 5.73 Å². The van der Waals surface area contributed by atoms with Gasteiger partial charge in [0.15, 0.2) is 0 Å². The molecule has 1 aromatic rings. The molecule has 1 amide bonds. The topological polar surface area (TPSA) is 46.3 Å². The van der Waals surface area contributed by atoms with E-state index in [0.717, 1.165) is 24.1 Å². The fraction of sp³-hybridized carbons (Fsp3) is 0.417. The fourth-order valence-corrected chi connectivity index (χ4v) is 2.00. The van der Waals surface area contributed by atoms with Crippen molar-refractivity contribution in [1.82, 2.24) is 4.90 Å². The minimum absolute atomic E-state index is 0.0409. The monoisotopic (exact) mass is 204 g/mol. The second kappa shape index (κ2) is 4.03. The molecule has 3 nitrogen and oxygen atoms in total. The number of hydrogen-bond donors (Lipinski definition) is 1. The maximum Gasteiger partial charge on any atom is 0.254 e. The zero-order valence-corrected chi connectivity index (χ0v) is 8.94. The Labute approximate surface area is 89.9 Å². The molecule has 0 saturated carbocycles. The van der Waals surface area contributed by atoms with Gasteiger partial charge >= 0.3 is 0 Å². The third-order valence-corrected chi connectivity index (χ3v) is 2.69. The quantitative estimate of drug-likeness (QED) is 0.782. The van der Waals surface area contributed by atoms with Crippen molar-refractivity contribution in [3.63, 3.8) is 0 Å². The minimum Gasteiger partial charge on any atom is -0.337 e. The van der Waals surface area contributed by atoms with Crippen LogP contribution in [0.5, 0.6) is 0 Å². The Bertz CT molecular complexity index is 374. The van der Waals surface area contributed by atoms with E-state index in [4.69, 9.17) is 5.73 Å². The van der Waals surface area contributed by atoms with Gasteiger partial charge in [-0.1, -0.05) is 18.2 Å². The number of rotatable bonds is 2. The van der Waals surface area contributed by atoms with Gasteiger partial charge in [-0.05, 0) is 25.0 Å². The average molecular weight is 204 g/mol. The molecule has 0 spiro atoms. The van der Waals surface area contributed by atoms with Gasteiger partial charge in [-0.2, -0.15) is 0 Å². The van der Waals surface area contributed by atoms with Gasteiger partial charge in [-0.15, -0.1) is 0 Å². The second-order valence-electron chi connectivity index (χ2n) is 4.14. The predicted octanol–water partition coefficient (Wildman–Crippen LogP) is 1.03. The van der Waals surface area contributed by atoms with Crippen LogP contribution in [0.4, 0.5) is 0 Å². The van der Waals surface area contributed by atoms with Crippen LogP contribution < -0.4 is 5.73 Å². The molecule has 3 heteroatoms. The second-order valence-corrected chi connectivity index (χ2v) is 4.14. The Hall–Kier alpha value is -1.35. The first-order valence-electron chi connectivity index (χ1n) is 5.31. The highest BCUT2D eigenvalue weighted by Gasteiger charge is 2.23. The molecule has 1 aliphatic rings. The molecule has 0 radical (unpaired) electrons. The van der Waals surface area contributed by atoms with Gasteiger partial charge < -0.3 is 10.6 Å². The summed E-state index contributed by atoms with van der Waals surface area (Å²) in [6, 6.07) is 7.85. The third-order valence-electron chi connectivity index (χ3n) is 2.69. The van der Waals surface area contributed by atoms with Crippen LogP contribution >= 0.6 is 0 Å². The smallest absolute Gasteiger partial charge is 0.254 e. The number of amides is 1. The van der Waals surface area contributed by atoms with E-state index < -0.39 is 0 Å². The first kappa shape index (κ1) is 10.2. The molecule has 0 fully saturated rings. The van der Waals surface area contributed by atoms with E-state index >= 15 is 0 Å². The lowest BCUT2D eigenvalue weighted by Gasteiger charge is -2.29. The van der Waals surface area contributed by atoms with Crippen LogP contribution in [-0.2, 0) is 6.42 Å². The van der Waals surface area contributed by atoms with Crippen molar-refractivity contribution in [1.29, 1.82) is 0 Å². The molecule has 80 valence electrons. The Morgan fingerprint density at radius 1 is 1.47 bits per heavy atom. The lowest BCUT2D eigenvalue weighted by Crippen LogP contribution is -2.43. The Morgan fingerprint density at radius 3 is 2.93 bits per heavy atom. The average Bonchev–Trinajstić information content (AvgIpc) is 2.22. The van der Waals surface area contributed by atoms with E-state index in [2.05, 4.69) is 0 Å². The normalized spacial score (nSPS) is 17.5. The molecule has 0 aromatic heterocycles. The first-order chi connectivity index (χ1) is 7.18. The van der Waals surface area contributed by atoms with E-state index in [0.29, 0.717) is 6.54 Å². The van der Waals surface area contributed by atoms with Gasteiger partial charge in [0.05, 0.1) is 0 Å².